The normalized spacial score (nSPS) is 38.6. The van der Waals surface area contributed by atoms with Gasteiger partial charge in [0.1, 0.15) is 0 Å². The molecular weight excluding hydrogens is 103 g/mol. The van der Waals surface area contributed by atoms with Gasteiger partial charge in [-0.25, -0.2) is 0 Å². The summed E-state index contributed by atoms with van der Waals surface area (Å²) in [5.74, 6) is 0. The van der Waals surface area contributed by atoms with E-state index in [4.69, 9.17) is 0 Å². The van der Waals surface area contributed by atoms with E-state index in [1.165, 1.54) is 18.2 Å². The number of hydrogen-bond acceptors (Lipinski definition) is 0. The topological polar surface area (TPSA) is 0 Å². The van der Waals surface area contributed by atoms with E-state index in [-0.39, 0.29) is 0 Å². The zero-order valence-corrected chi connectivity index (χ0v) is 6.04. The first-order valence-electron chi connectivity index (χ1n) is 3.12. The minimum Gasteiger partial charge on any atom is -0.103 e. The van der Waals surface area contributed by atoms with Crippen molar-refractivity contribution < 1.29 is 0 Å². The number of rotatable bonds is 2. The fraction of sp³-hybridized carbons (Fsp3) is 1.00. The summed E-state index contributed by atoms with van der Waals surface area (Å²) in [6, 6.07) is 0. The molecule has 2 atom stereocenters. The zero-order valence-electron chi connectivity index (χ0n) is 5.15. The average molecular weight is 116 g/mol. The van der Waals surface area contributed by atoms with E-state index in [0.717, 1.165) is 0 Å². The molecule has 0 saturated carbocycles. The highest BCUT2D eigenvalue weighted by atomic mass is 31.1. The molecule has 1 saturated heterocycles. The Morgan fingerprint density at radius 1 is 1.57 bits per heavy atom. The van der Waals surface area contributed by atoms with Crippen LogP contribution in [0.2, 0.25) is 0 Å². The molecule has 7 heavy (non-hydrogen) atoms. The summed E-state index contributed by atoms with van der Waals surface area (Å²) >= 11 is 0. The van der Waals surface area contributed by atoms with Crippen molar-refractivity contribution in [2.45, 2.75) is 25.9 Å². The molecule has 0 bridgehead atoms. The van der Waals surface area contributed by atoms with Crippen molar-refractivity contribution in [1.82, 2.24) is 0 Å². The van der Waals surface area contributed by atoms with Crippen LogP contribution in [0.4, 0.5) is 0 Å². The van der Waals surface area contributed by atoms with E-state index < -0.39 is 0 Å². The Kier molecular flexibility index (Phi) is 1.69. The molecule has 1 fully saturated rings. The lowest BCUT2D eigenvalue weighted by Crippen LogP contribution is -1.73. The minimum atomic E-state index is 0.588. The Balaban J connectivity index is 2.06. The second-order valence-electron chi connectivity index (χ2n) is 2.15. The molecule has 0 N–H and O–H groups in total. The van der Waals surface area contributed by atoms with E-state index in [0.29, 0.717) is 7.92 Å². The van der Waals surface area contributed by atoms with E-state index in [2.05, 4.69) is 13.8 Å². The van der Waals surface area contributed by atoms with Gasteiger partial charge in [-0.1, -0.05) is 13.8 Å². The van der Waals surface area contributed by atoms with Gasteiger partial charge in [0.2, 0.25) is 0 Å². The minimum absolute atomic E-state index is 0.588. The molecule has 0 amide bonds. The molecule has 0 aliphatic carbocycles. The Hall–Kier alpha value is 0.430. The first kappa shape index (κ1) is 5.56. The van der Waals surface area contributed by atoms with Crippen molar-refractivity contribution in [2.24, 2.45) is 0 Å². The van der Waals surface area contributed by atoms with Crippen LogP contribution in [0.5, 0.6) is 0 Å². The van der Waals surface area contributed by atoms with Crippen molar-refractivity contribution in [3.8, 4) is 0 Å². The zero-order chi connectivity index (χ0) is 5.28. The molecule has 0 aromatic carbocycles. The smallest absolute Gasteiger partial charge is 0.0172 e. The highest BCUT2D eigenvalue weighted by molar-refractivity contribution is 7.66. The van der Waals surface area contributed by atoms with E-state index in [9.17, 15) is 0 Å². The van der Waals surface area contributed by atoms with Crippen LogP contribution in [0.3, 0.4) is 0 Å². The Morgan fingerprint density at radius 2 is 2.29 bits per heavy atom. The molecule has 1 rings (SSSR count). The molecule has 0 spiro atoms. The van der Waals surface area contributed by atoms with Crippen molar-refractivity contribution >= 4 is 7.92 Å². The van der Waals surface area contributed by atoms with Crippen LogP contribution in [-0.4, -0.2) is 18.0 Å². The maximum absolute atomic E-state index is 2.32. The van der Waals surface area contributed by atoms with Crippen LogP contribution in [0.1, 0.15) is 20.3 Å². The molecule has 0 radical (unpaired) electrons. The van der Waals surface area contributed by atoms with Gasteiger partial charge in [-0.2, -0.15) is 0 Å². The molecule has 2 unspecified atom stereocenters. The Morgan fingerprint density at radius 3 is 2.43 bits per heavy atom. The van der Waals surface area contributed by atoms with Gasteiger partial charge in [0.25, 0.3) is 0 Å². The van der Waals surface area contributed by atoms with Crippen molar-refractivity contribution in [1.29, 1.82) is 0 Å². The first-order valence-corrected chi connectivity index (χ1v) is 4.90. The first-order chi connectivity index (χ1) is 3.38. The second kappa shape index (κ2) is 2.13. The van der Waals surface area contributed by atoms with Crippen molar-refractivity contribution in [3.05, 3.63) is 0 Å². The van der Waals surface area contributed by atoms with Crippen LogP contribution < -0.4 is 0 Å². The van der Waals surface area contributed by atoms with Crippen molar-refractivity contribution in [2.75, 3.05) is 12.3 Å². The third kappa shape index (κ3) is 1.16. The standard InChI is InChI=1S/C6H13P/c1-3-6-5-7(6)4-2/h6H,3-5H2,1-2H3. The predicted molar refractivity (Wildman–Crippen MR) is 36.4 cm³/mol. The van der Waals surface area contributed by atoms with Crippen LogP contribution in [0, 0.1) is 0 Å². The van der Waals surface area contributed by atoms with Gasteiger partial charge >= 0.3 is 0 Å². The maximum atomic E-state index is 2.32. The van der Waals surface area contributed by atoms with Crippen molar-refractivity contribution in [3.63, 3.8) is 0 Å². The predicted octanol–water partition coefficient (Wildman–Crippen LogP) is 2.28. The summed E-state index contributed by atoms with van der Waals surface area (Å²) in [6.45, 7) is 4.63. The highest BCUT2D eigenvalue weighted by Crippen LogP contribution is 2.59. The molecule has 1 aliphatic rings. The largest absolute Gasteiger partial charge is 0.103 e. The lowest BCUT2D eigenvalue weighted by atomic mass is 10.4. The molecular formula is C6H13P. The van der Waals surface area contributed by atoms with Crippen LogP contribution in [-0.2, 0) is 0 Å². The summed E-state index contributed by atoms with van der Waals surface area (Å²) in [4.78, 5) is 0. The fourth-order valence-electron chi connectivity index (χ4n) is 0.998. The quantitative estimate of drug-likeness (QED) is 0.485. The molecule has 1 heterocycles. The molecule has 0 nitrogen and oxygen atoms in total. The van der Waals surface area contributed by atoms with Gasteiger partial charge in [-0.3, -0.25) is 0 Å². The maximum Gasteiger partial charge on any atom is -0.0172 e. The van der Waals surface area contributed by atoms with Crippen LogP contribution in [0.15, 0.2) is 0 Å². The molecule has 1 heteroatoms. The van der Waals surface area contributed by atoms with E-state index >= 15 is 0 Å². The third-order valence-electron chi connectivity index (χ3n) is 1.71. The van der Waals surface area contributed by atoms with Gasteiger partial charge in [0.05, 0.1) is 0 Å². The highest BCUT2D eigenvalue weighted by Gasteiger charge is 2.32. The lowest BCUT2D eigenvalue weighted by molar-refractivity contribution is 0.978. The summed E-state index contributed by atoms with van der Waals surface area (Å²) in [5.41, 5.74) is 1.18. The number of hydrogen-bond donors (Lipinski definition) is 0. The third-order valence-corrected chi connectivity index (χ3v) is 4.54. The SMILES string of the molecule is CCC1CP1CC. The average Bonchev–Trinajstić information content (AvgIpc) is 2.43. The lowest BCUT2D eigenvalue weighted by Gasteiger charge is -1.86. The summed E-state index contributed by atoms with van der Waals surface area (Å²) < 4.78 is 0. The summed E-state index contributed by atoms with van der Waals surface area (Å²) in [7, 11) is 0.588. The summed E-state index contributed by atoms with van der Waals surface area (Å²) in [5, 5.41) is 0. The Labute approximate surface area is 47.1 Å². The van der Waals surface area contributed by atoms with Gasteiger partial charge in [0, 0.05) is 0 Å². The Bertz CT molecular complexity index is 53.2. The monoisotopic (exact) mass is 116 g/mol. The van der Waals surface area contributed by atoms with Gasteiger partial charge < -0.3 is 0 Å². The van der Waals surface area contributed by atoms with E-state index in [1.807, 2.05) is 0 Å². The van der Waals surface area contributed by atoms with Gasteiger partial charge in [-0.05, 0) is 24.4 Å². The molecule has 42 valence electrons. The van der Waals surface area contributed by atoms with Crippen LogP contribution >= 0.6 is 7.92 Å². The fourth-order valence-corrected chi connectivity index (χ4v) is 3.34. The molecule has 0 aromatic rings. The summed E-state index contributed by atoms with van der Waals surface area (Å²) in [6.07, 6.45) is 4.51. The molecule has 0 aromatic heterocycles. The van der Waals surface area contributed by atoms with Gasteiger partial charge in [0.15, 0.2) is 0 Å². The van der Waals surface area contributed by atoms with E-state index in [1.54, 1.807) is 6.16 Å². The van der Waals surface area contributed by atoms with Crippen LogP contribution in [0.25, 0.3) is 0 Å². The molecule has 1 aliphatic heterocycles. The van der Waals surface area contributed by atoms with Gasteiger partial charge in [-0.15, -0.1) is 7.92 Å². The second-order valence-corrected chi connectivity index (χ2v) is 5.06.